The van der Waals surface area contributed by atoms with Gasteiger partial charge in [0.1, 0.15) is 6.07 Å². The number of nitrogens with one attached hydrogen (secondary N) is 1. The highest BCUT2D eigenvalue weighted by Crippen LogP contribution is 2.30. The van der Waals surface area contributed by atoms with Crippen molar-refractivity contribution >= 4 is 23.2 Å². The van der Waals surface area contributed by atoms with Crippen LogP contribution in [-0.2, 0) is 11.2 Å². The Balaban J connectivity index is 1.90. The van der Waals surface area contributed by atoms with Crippen LogP contribution >= 0.6 is 11.6 Å². The number of rotatable bonds is 5. The summed E-state index contributed by atoms with van der Waals surface area (Å²) in [5, 5.41) is 12.6. The van der Waals surface area contributed by atoms with Crippen molar-refractivity contribution < 1.29 is 13.6 Å². The number of hydrogen-bond donors (Lipinski definition) is 1. The molecular weight excluding hydrogens is 384 g/mol. The van der Waals surface area contributed by atoms with E-state index in [1.807, 2.05) is 19.9 Å². The molecule has 1 aliphatic rings. The molecule has 28 heavy (non-hydrogen) atoms. The Labute approximate surface area is 167 Å². The maximum Gasteiger partial charge on any atom is 0.225 e. The van der Waals surface area contributed by atoms with Crippen molar-refractivity contribution in [3.8, 4) is 6.07 Å². The van der Waals surface area contributed by atoms with Gasteiger partial charge in [-0.2, -0.15) is 5.26 Å². The van der Waals surface area contributed by atoms with E-state index in [4.69, 9.17) is 16.9 Å². The van der Waals surface area contributed by atoms with Gasteiger partial charge in [-0.1, -0.05) is 23.7 Å². The predicted molar refractivity (Wildman–Crippen MR) is 104 cm³/mol. The Morgan fingerprint density at radius 2 is 2.07 bits per heavy atom. The van der Waals surface area contributed by atoms with Gasteiger partial charge >= 0.3 is 0 Å². The van der Waals surface area contributed by atoms with Gasteiger partial charge in [0.2, 0.25) is 5.91 Å². The highest BCUT2D eigenvalue weighted by Gasteiger charge is 2.41. The van der Waals surface area contributed by atoms with E-state index in [9.17, 15) is 13.6 Å². The molecule has 7 heteroatoms. The first-order valence-corrected chi connectivity index (χ1v) is 9.40. The number of carbonyl (C=O) groups is 1. The number of hydrogen-bond acceptors (Lipinski definition) is 3. The third-order valence-corrected chi connectivity index (χ3v) is 5.28. The lowest BCUT2D eigenvalue weighted by atomic mass is 9.98. The maximum atomic E-state index is 14.2. The molecule has 0 radical (unpaired) electrons. The van der Waals surface area contributed by atoms with E-state index < -0.39 is 11.6 Å². The average Bonchev–Trinajstić information content (AvgIpc) is 2.94. The zero-order chi connectivity index (χ0) is 20.4. The molecule has 2 atom stereocenters. The Morgan fingerprint density at radius 3 is 2.71 bits per heavy atom. The molecule has 3 rings (SSSR count). The number of nitrogens with zero attached hydrogens (tertiary/aromatic N) is 2. The van der Waals surface area contributed by atoms with Crippen molar-refractivity contribution in [1.29, 1.82) is 5.26 Å². The minimum absolute atomic E-state index is 0.0472. The van der Waals surface area contributed by atoms with Crippen molar-refractivity contribution in [2.24, 2.45) is 0 Å². The lowest BCUT2D eigenvalue weighted by Crippen LogP contribution is -2.45. The molecule has 1 fully saturated rings. The molecule has 1 amide bonds. The van der Waals surface area contributed by atoms with E-state index in [0.717, 1.165) is 6.07 Å². The number of amides is 1. The van der Waals surface area contributed by atoms with Gasteiger partial charge in [0.05, 0.1) is 22.7 Å². The van der Waals surface area contributed by atoms with Gasteiger partial charge in [-0.15, -0.1) is 0 Å². The third-order valence-electron chi connectivity index (χ3n) is 4.96. The summed E-state index contributed by atoms with van der Waals surface area (Å²) in [6, 6.07) is 10.3. The smallest absolute Gasteiger partial charge is 0.225 e. The summed E-state index contributed by atoms with van der Waals surface area (Å²) >= 11 is 6.10. The van der Waals surface area contributed by atoms with Crippen LogP contribution in [0.2, 0.25) is 5.02 Å². The number of nitriles is 1. The van der Waals surface area contributed by atoms with E-state index in [1.165, 1.54) is 12.1 Å². The molecular formula is C21H20ClF2N3O. The van der Waals surface area contributed by atoms with Crippen molar-refractivity contribution in [3.63, 3.8) is 0 Å². The molecule has 146 valence electrons. The Kier molecular flexibility index (Phi) is 5.85. The SMILES string of the molecule is CC(C)N1C(=O)C[C@H](Nc2ccc(C#N)c(Cl)c2)C1Cc1cccc(F)c1F. The highest BCUT2D eigenvalue weighted by molar-refractivity contribution is 6.32. The molecule has 1 saturated heterocycles. The van der Waals surface area contributed by atoms with Crippen molar-refractivity contribution in [2.75, 3.05) is 5.32 Å². The molecule has 1 heterocycles. The first-order chi connectivity index (χ1) is 13.3. The monoisotopic (exact) mass is 403 g/mol. The van der Waals surface area contributed by atoms with Crippen LogP contribution < -0.4 is 5.32 Å². The molecule has 1 unspecified atom stereocenters. The van der Waals surface area contributed by atoms with Gasteiger partial charge in [0, 0.05) is 18.2 Å². The second-order valence-corrected chi connectivity index (χ2v) is 7.55. The summed E-state index contributed by atoms with van der Waals surface area (Å²) < 4.78 is 27.9. The second kappa shape index (κ2) is 8.15. The first kappa shape index (κ1) is 20.1. The van der Waals surface area contributed by atoms with Crippen LogP contribution in [0, 0.1) is 23.0 Å². The number of benzene rings is 2. The van der Waals surface area contributed by atoms with Crippen molar-refractivity contribution in [2.45, 2.75) is 44.8 Å². The lowest BCUT2D eigenvalue weighted by Gasteiger charge is -2.32. The molecule has 0 spiro atoms. The van der Waals surface area contributed by atoms with Crippen molar-refractivity contribution in [1.82, 2.24) is 4.90 Å². The minimum atomic E-state index is -0.902. The van der Waals surface area contributed by atoms with E-state index >= 15 is 0 Å². The number of likely N-dealkylation sites (tertiary alicyclic amines) is 1. The molecule has 0 aromatic heterocycles. The van der Waals surface area contributed by atoms with Crippen LogP contribution in [-0.4, -0.2) is 28.9 Å². The normalized spacial score (nSPS) is 19.2. The molecule has 0 saturated carbocycles. The molecule has 2 aromatic rings. The predicted octanol–water partition coefficient (Wildman–Crippen LogP) is 4.52. The fourth-order valence-corrected chi connectivity index (χ4v) is 3.93. The summed E-state index contributed by atoms with van der Waals surface area (Å²) in [7, 11) is 0. The molecule has 1 N–H and O–H groups in total. The number of anilines is 1. The zero-order valence-electron chi connectivity index (χ0n) is 15.5. The molecule has 0 bridgehead atoms. The number of halogens is 3. The summed E-state index contributed by atoms with van der Waals surface area (Å²) in [5.74, 6) is -1.83. The Morgan fingerprint density at radius 1 is 1.32 bits per heavy atom. The van der Waals surface area contributed by atoms with Gasteiger partial charge in [-0.3, -0.25) is 4.79 Å². The highest BCUT2D eigenvalue weighted by atomic mass is 35.5. The van der Waals surface area contributed by atoms with Gasteiger partial charge in [-0.25, -0.2) is 8.78 Å². The van der Waals surface area contributed by atoms with Gasteiger partial charge in [0.25, 0.3) is 0 Å². The lowest BCUT2D eigenvalue weighted by molar-refractivity contribution is -0.130. The van der Waals surface area contributed by atoms with Gasteiger partial charge < -0.3 is 10.2 Å². The summed E-state index contributed by atoms with van der Waals surface area (Å²) in [4.78, 5) is 14.3. The second-order valence-electron chi connectivity index (χ2n) is 7.14. The van der Waals surface area contributed by atoms with E-state index in [1.54, 1.807) is 23.1 Å². The van der Waals surface area contributed by atoms with Crippen LogP contribution in [0.1, 0.15) is 31.4 Å². The molecule has 1 aliphatic heterocycles. The number of carbonyl (C=O) groups excluding carboxylic acids is 1. The maximum absolute atomic E-state index is 14.2. The van der Waals surface area contributed by atoms with Crippen molar-refractivity contribution in [3.05, 3.63) is 64.2 Å². The van der Waals surface area contributed by atoms with Crippen LogP contribution in [0.3, 0.4) is 0 Å². The zero-order valence-corrected chi connectivity index (χ0v) is 16.3. The summed E-state index contributed by atoms with van der Waals surface area (Å²) in [6.07, 6.45) is 0.423. The van der Waals surface area contributed by atoms with E-state index in [2.05, 4.69) is 5.32 Å². The van der Waals surface area contributed by atoms with Crippen LogP contribution in [0.25, 0.3) is 0 Å². The fourth-order valence-electron chi connectivity index (χ4n) is 3.71. The Hall–Kier alpha value is -2.65. The minimum Gasteiger partial charge on any atom is -0.380 e. The molecule has 2 aromatic carbocycles. The molecule has 0 aliphatic carbocycles. The van der Waals surface area contributed by atoms with Gasteiger partial charge in [0.15, 0.2) is 11.6 Å². The van der Waals surface area contributed by atoms with Crippen LogP contribution in [0.15, 0.2) is 36.4 Å². The summed E-state index contributed by atoms with van der Waals surface area (Å²) in [6.45, 7) is 3.79. The molecule has 4 nitrogen and oxygen atoms in total. The quantitative estimate of drug-likeness (QED) is 0.798. The van der Waals surface area contributed by atoms with Gasteiger partial charge in [-0.05, 0) is 50.1 Å². The van der Waals surface area contributed by atoms with Crippen LogP contribution in [0.5, 0.6) is 0 Å². The topological polar surface area (TPSA) is 56.1 Å². The fraction of sp³-hybridized carbons (Fsp3) is 0.333. The third kappa shape index (κ3) is 3.95. The largest absolute Gasteiger partial charge is 0.380 e. The average molecular weight is 404 g/mol. The van der Waals surface area contributed by atoms with E-state index in [0.29, 0.717) is 16.3 Å². The first-order valence-electron chi connectivity index (χ1n) is 9.02. The standard InChI is InChI=1S/C21H20ClF2N3O/c1-12(2)27-19(8-13-4-3-5-17(23)21(13)24)18(10-20(27)28)26-15-7-6-14(11-25)16(22)9-15/h3-7,9,12,18-19,26H,8,10H2,1-2H3/t18-,19?/m0/s1. The van der Waals surface area contributed by atoms with Crippen LogP contribution in [0.4, 0.5) is 14.5 Å². The summed E-state index contributed by atoms with van der Waals surface area (Å²) in [5.41, 5.74) is 1.25. The Bertz CT molecular complexity index is 942. The van der Waals surface area contributed by atoms with E-state index in [-0.39, 0.29) is 42.4 Å².